The topological polar surface area (TPSA) is 75.6 Å². The molecule has 2 rings (SSSR count). The highest BCUT2D eigenvalue weighted by Gasteiger charge is 2.16. The molecule has 0 bridgehead atoms. The molecular weight excluding hydrogens is 341 g/mol. The molecule has 0 radical (unpaired) electrons. The second kappa shape index (κ2) is 7.35. The Balaban J connectivity index is 1.98. The quantitative estimate of drug-likeness (QED) is 0.819. The number of nitrogens with one attached hydrogen (secondary N) is 1. The lowest BCUT2D eigenvalue weighted by atomic mass is 10.1. The minimum Gasteiger partial charge on any atom is -0.507 e. The van der Waals surface area contributed by atoms with E-state index in [9.17, 15) is 14.7 Å². The zero-order chi connectivity index (χ0) is 17.0. The van der Waals surface area contributed by atoms with E-state index in [0.29, 0.717) is 21.3 Å². The van der Waals surface area contributed by atoms with E-state index in [2.05, 4.69) is 5.32 Å². The Morgan fingerprint density at radius 1 is 1.22 bits per heavy atom. The number of hydrogen-bond acceptors (Lipinski definition) is 4. The van der Waals surface area contributed by atoms with E-state index in [1.54, 1.807) is 25.1 Å². The number of hydrogen-bond donors (Lipinski definition) is 2. The molecule has 0 atom stereocenters. The van der Waals surface area contributed by atoms with Crippen LogP contribution in [0.25, 0.3) is 0 Å². The normalized spacial score (nSPS) is 10.2. The van der Waals surface area contributed by atoms with Crippen LogP contribution in [0.2, 0.25) is 10.0 Å². The van der Waals surface area contributed by atoms with E-state index in [1.807, 2.05) is 0 Å². The Labute approximate surface area is 142 Å². The smallest absolute Gasteiger partial charge is 0.342 e. The van der Waals surface area contributed by atoms with Crippen molar-refractivity contribution in [3.63, 3.8) is 0 Å². The molecule has 1 amide bonds. The fourth-order valence-electron chi connectivity index (χ4n) is 1.81. The van der Waals surface area contributed by atoms with Crippen LogP contribution in [-0.2, 0) is 9.53 Å². The van der Waals surface area contributed by atoms with Crippen LogP contribution >= 0.6 is 23.2 Å². The predicted octanol–water partition coefficient (Wildman–Crippen LogP) is 3.80. The van der Waals surface area contributed by atoms with Crippen molar-refractivity contribution >= 4 is 40.8 Å². The standard InChI is InChI=1S/C16H13Cl2NO4/c1-9-3-2-4-11(15(9)21)16(22)23-8-14(20)19-13-7-10(17)5-6-12(13)18/h2-7,21H,8H2,1H3,(H,19,20). The van der Waals surface area contributed by atoms with Gasteiger partial charge in [-0.05, 0) is 36.8 Å². The summed E-state index contributed by atoms with van der Waals surface area (Å²) in [6.45, 7) is 1.13. The van der Waals surface area contributed by atoms with Crippen LogP contribution in [0.5, 0.6) is 5.75 Å². The number of carbonyl (C=O) groups is 2. The van der Waals surface area contributed by atoms with Gasteiger partial charge in [-0.1, -0.05) is 35.3 Å². The minimum absolute atomic E-state index is 0.00131. The van der Waals surface area contributed by atoms with Crippen LogP contribution in [0.4, 0.5) is 5.69 Å². The Bertz CT molecular complexity index is 762. The van der Waals surface area contributed by atoms with Gasteiger partial charge in [-0.3, -0.25) is 4.79 Å². The average molecular weight is 354 g/mol. The highest BCUT2D eigenvalue weighted by Crippen LogP contribution is 2.25. The van der Waals surface area contributed by atoms with Crippen LogP contribution in [0.3, 0.4) is 0 Å². The molecule has 0 aliphatic rings. The van der Waals surface area contributed by atoms with Crippen molar-refractivity contribution in [1.29, 1.82) is 0 Å². The third-order valence-corrected chi connectivity index (χ3v) is 3.56. The molecule has 0 spiro atoms. The summed E-state index contributed by atoms with van der Waals surface area (Å²) in [5.41, 5.74) is 0.854. The van der Waals surface area contributed by atoms with E-state index in [1.165, 1.54) is 18.2 Å². The lowest BCUT2D eigenvalue weighted by Crippen LogP contribution is -2.21. The Kier molecular flexibility index (Phi) is 5.47. The molecular formula is C16H13Cl2NO4. The third kappa shape index (κ3) is 4.37. The first-order valence-electron chi connectivity index (χ1n) is 6.59. The van der Waals surface area contributed by atoms with Crippen LogP contribution in [0.1, 0.15) is 15.9 Å². The number of phenols is 1. The zero-order valence-corrected chi connectivity index (χ0v) is 13.6. The number of amides is 1. The van der Waals surface area contributed by atoms with Crippen LogP contribution in [0.15, 0.2) is 36.4 Å². The molecule has 23 heavy (non-hydrogen) atoms. The summed E-state index contributed by atoms with van der Waals surface area (Å²) >= 11 is 11.7. The Morgan fingerprint density at radius 3 is 2.70 bits per heavy atom. The Morgan fingerprint density at radius 2 is 1.96 bits per heavy atom. The molecule has 0 unspecified atom stereocenters. The number of carbonyl (C=O) groups excluding carboxylic acids is 2. The fraction of sp³-hybridized carbons (Fsp3) is 0.125. The molecule has 0 aliphatic heterocycles. The maximum absolute atomic E-state index is 11.9. The number of aryl methyl sites for hydroxylation is 1. The monoisotopic (exact) mass is 353 g/mol. The minimum atomic E-state index is -0.793. The van der Waals surface area contributed by atoms with Crippen LogP contribution in [-0.4, -0.2) is 23.6 Å². The molecule has 7 heteroatoms. The number of anilines is 1. The van der Waals surface area contributed by atoms with Gasteiger partial charge >= 0.3 is 5.97 Å². The molecule has 0 aromatic heterocycles. The first kappa shape index (κ1) is 17.1. The van der Waals surface area contributed by atoms with Crippen molar-refractivity contribution in [2.45, 2.75) is 6.92 Å². The van der Waals surface area contributed by atoms with Crippen molar-refractivity contribution in [2.24, 2.45) is 0 Å². The van der Waals surface area contributed by atoms with E-state index in [4.69, 9.17) is 27.9 Å². The number of halogens is 2. The molecule has 2 aromatic carbocycles. The van der Waals surface area contributed by atoms with E-state index in [-0.39, 0.29) is 11.3 Å². The first-order chi connectivity index (χ1) is 10.9. The van der Waals surface area contributed by atoms with Crippen molar-refractivity contribution in [3.8, 4) is 5.75 Å². The lowest BCUT2D eigenvalue weighted by molar-refractivity contribution is -0.119. The average Bonchev–Trinajstić information content (AvgIpc) is 2.51. The fourth-order valence-corrected chi connectivity index (χ4v) is 2.15. The third-order valence-electron chi connectivity index (χ3n) is 2.99. The zero-order valence-electron chi connectivity index (χ0n) is 12.1. The molecule has 0 saturated carbocycles. The molecule has 0 saturated heterocycles. The molecule has 0 fully saturated rings. The maximum Gasteiger partial charge on any atom is 0.342 e. The summed E-state index contributed by atoms with van der Waals surface area (Å²) in [5.74, 6) is -1.54. The maximum atomic E-state index is 11.9. The number of esters is 1. The highest BCUT2D eigenvalue weighted by atomic mass is 35.5. The highest BCUT2D eigenvalue weighted by molar-refractivity contribution is 6.35. The van der Waals surface area contributed by atoms with Gasteiger partial charge in [0.05, 0.1) is 10.7 Å². The van der Waals surface area contributed by atoms with Gasteiger partial charge < -0.3 is 15.2 Å². The van der Waals surface area contributed by atoms with E-state index in [0.717, 1.165) is 0 Å². The van der Waals surface area contributed by atoms with Crippen molar-refractivity contribution in [1.82, 2.24) is 0 Å². The van der Waals surface area contributed by atoms with Gasteiger partial charge in [-0.15, -0.1) is 0 Å². The van der Waals surface area contributed by atoms with Gasteiger partial charge in [0.1, 0.15) is 11.3 Å². The van der Waals surface area contributed by atoms with Gasteiger partial charge in [0.25, 0.3) is 5.91 Å². The van der Waals surface area contributed by atoms with E-state index < -0.39 is 18.5 Å². The second-order valence-corrected chi connectivity index (χ2v) is 5.56. The number of ether oxygens (including phenoxy) is 1. The van der Waals surface area contributed by atoms with Crippen molar-refractivity contribution in [3.05, 3.63) is 57.6 Å². The SMILES string of the molecule is Cc1cccc(C(=O)OCC(=O)Nc2cc(Cl)ccc2Cl)c1O. The van der Waals surface area contributed by atoms with Crippen molar-refractivity contribution in [2.75, 3.05) is 11.9 Å². The van der Waals surface area contributed by atoms with Gasteiger partial charge in [-0.25, -0.2) is 4.79 Å². The molecule has 0 aliphatic carbocycles. The predicted molar refractivity (Wildman–Crippen MR) is 88.2 cm³/mol. The number of aromatic hydroxyl groups is 1. The number of rotatable bonds is 4. The molecule has 0 heterocycles. The van der Waals surface area contributed by atoms with Crippen molar-refractivity contribution < 1.29 is 19.4 Å². The van der Waals surface area contributed by atoms with Crippen LogP contribution in [0, 0.1) is 6.92 Å². The van der Waals surface area contributed by atoms with E-state index >= 15 is 0 Å². The summed E-state index contributed by atoms with van der Waals surface area (Å²) in [5, 5.41) is 13.0. The van der Waals surface area contributed by atoms with Gasteiger partial charge in [0.15, 0.2) is 6.61 Å². The number of para-hydroxylation sites is 1. The molecule has 2 aromatic rings. The summed E-state index contributed by atoms with van der Waals surface area (Å²) in [6, 6.07) is 9.28. The first-order valence-corrected chi connectivity index (χ1v) is 7.34. The van der Waals surface area contributed by atoms with Gasteiger partial charge in [-0.2, -0.15) is 0 Å². The number of phenolic OH excluding ortho intramolecular Hbond substituents is 1. The molecule has 2 N–H and O–H groups in total. The molecule has 5 nitrogen and oxygen atoms in total. The van der Waals surface area contributed by atoms with Crippen LogP contribution < -0.4 is 5.32 Å². The van der Waals surface area contributed by atoms with Gasteiger partial charge in [0.2, 0.25) is 0 Å². The summed E-state index contributed by atoms with van der Waals surface area (Å²) in [6.07, 6.45) is 0. The summed E-state index contributed by atoms with van der Waals surface area (Å²) < 4.78 is 4.88. The second-order valence-electron chi connectivity index (χ2n) is 4.72. The lowest BCUT2D eigenvalue weighted by Gasteiger charge is -2.09. The number of benzene rings is 2. The molecule has 120 valence electrons. The largest absolute Gasteiger partial charge is 0.507 e. The summed E-state index contributed by atoms with van der Waals surface area (Å²) in [4.78, 5) is 23.7. The van der Waals surface area contributed by atoms with Gasteiger partial charge in [0, 0.05) is 5.02 Å². The summed E-state index contributed by atoms with van der Waals surface area (Å²) in [7, 11) is 0. The Hall–Kier alpha value is -2.24.